The molecule has 2 atom stereocenters. The van der Waals surface area contributed by atoms with E-state index in [1.165, 1.54) is 16.7 Å². The molecule has 0 spiro atoms. The van der Waals surface area contributed by atoms with Crippen molar-refractivity contribution in [3.63, 3.8) is 0 Å². The van der Waals surface area contributed by atoms with Crippen molar-refractivity contribution >= 4 is 5.91 Å². The zero-order chi connectivity index (χ0) is 21.7. The monoisotopic (exact) mass is 413 g/mol. The summed E-state index contributed by atoms with van der Waals surface area (Å²) < 4.78 is 0. The highest BCUT2D eigenvalue weighted by Gasteiger charge is 2.44. The van der Waals surface area contributed by atoms with Crippen molar-refractivity contribution in [2.75, 3.05) is 26.7 Å². The molecule has 1 aromatic heterocycles. The van der Waals surface area contributed by atoms with E-state index in [1.54, 1.807) is 7.05 Å². The fraction of sp³-hybridized carbons (Fsp3) is 0.333. The lowest BCUT2D eigenvalue weighted by molar-refractivity contribution is -0.130. The Labute approximate surface area is 185 Å². The van der Waals surface area contributed by atoms with Gasteiger partial charge in [-0.05, 0) is 59.7 Å². The zero-order valence-electron chi connectivity index (χ0n) is 18.4. The number of hydrogen-bond acceptors (Lipinski definition) is 3. The maximum atomic E-state index is 13.0. The number of carbonyl (C=O) groups excluding carboxylic acids is 1. The summed E-state index contributed by atoms with van der Waals surface area (Å²) in [6.07, 6.45) is 5.28. The highest BCUT2D eigenvalue weighted by molar-refractivity contribution is 5.83. The molecule has 0 bridgehead atoms. The smallest absolute Gasteiger partial charge is 0.227 e. The average molecular weight is 414 g/mol. The second-order valence-electron chi connectivity index (χ2n) is 8.77. The fourth-order valence-corrected chi connectivity index (χ4v) is 4.81. The maximum Gasteiger partial charge on any atom is 0.227 e. The molecule has 2 aromatic carbocycles. The van der Waals surface area contributed by atoms with Crippen LogP contribution in [-0.4, -0.2) is 42.5 Å². The van der Waals surface area contributed by atoms with Crippen molar-refractivity contribution in [3.8, 4) is 11.1 Å². The molecule has 2 heterocycles. The first kappa shape index (κ1) is 21.3. The molecular weight excluding hydrogens is 382 g/mol. The topological polar surface area (TPSA) is 45.2 Å². The van der Waals surface area contributed by atoms with E-state index in [0.29, 0.717) is 5.92 Å². The number of nitrogens with one attached hydrogen (secondary N) is 1. The first-order valence-electron chi connectivity index (χ1n) is 11.1. The Bertz CT molecular complexity index is 988. The van der Waals surface area contributed by atoms with Gasteiger partial charge in [0.2, 0.25) is 5.91 Å². The molecule has 1 aliphatic heterocycles. The number of benzene rings is 2. The summed E-state index contributed by atoms with van der Waals surface area (Å²) in [5, 5.41) is 2.94. The SMILES string of the molecule is CNC(=O)[C@]1(Cc2ccc(-c3ccncc3)cc2)CCN(C[C@@H](C)c2ccccc2)C1. The molecule has 0 radical (unpaired) electrons. The quantitative estimate of drug-likeness (QED) is 0.619. The zero-order valence-corrected chi connectivity index (χ0v) is 18.4. The first-order chi connectivity index (χ1) is 15.1. The molecule has 4 rings (SSSR count). The van der Waals surface area contributed by atoms with Gasteiger partial charge in [0, 0.05) is 32.5 Å². The Morgan fingerprint density at radius 3 is 2.39 bits per heavy atom. The number of carbonyl (C=O) groups is 1. The van der Waals surface area contributed by atoms with Gasteiger partial charge in [-0.2, -0.15) is 0 Å². The molecule has 1 N–H and O–H groups in total. The molecule has 3 aromatic rings. The van der Waals surface area contributed by atoms with Crippen molar-refractivity contribution < 1.29 is 4.79 Å². The lowest BCUT2D eigenvalue weighted by Gasteiger charge is -2.29. The van der Waals surface area contributed by atoms with Gasteiger partial charge in [-0.1, -0.05) is 61.5 Å². The summed E-state index contributed by atoms with van der Waals surface area (Å²) in [7, 11) is 1.76. The molecule has 0 aliphatic carbocycles. The van der Waals surface area contributed by atoms with Crippen LogP contribution < -0.4 is 5.32 Å². The van der Waals surface area contributed by atoms with Crippen molar-refractivity contribution in [1.29, 1.82) is 0 Å². The Morgan fingerprint density at radius 1 is 1.03 bits per heavy atom. The number of likely N-dealkylation sites (tertiary alicyclic amines) is 1. The van der Waals surface area contributed by atoms with Gasteiger partial charge in [-0.3, -0.25) is 9.78 Å². The standard InChI is InChI=1S/C27H31N3O/c1-21(23-6-4-3-5-7-23)19-30-17-14-27(20-30,26(31)28-2)18-22-8-10-24(11-9-22)25-12-15-29-16-13-25/h3-13,15-16,21H,14,17-20H2,1-2H3,(H,28,31)/t21-,27+/m1/s1. The van der Waals surface area contributed by atoms with Gasteiger partial charge in [0.25, 0.3) is 0 Å². The average Bonchev–Trinajstić information content (AvgIpc) is 3.23. The van der Waals surface area contributed by atoms with E-state index in [-0.39, 0.29) is 11.3 Å². The van der Waals surface area contributed by atoms with E-state index in [4.69, 9.17) is 0 Å². The van der Waals surface area contributed by atoms with E-state index >= 15 is 0 Å². The van der Waals surface area contributed by atoms with Gasteiger partial charge in [0.1, 0.15) is 0 Å². The lowest BCUT2D eigenvalue weighted by Crippen LogP contribution is -2.43. The Morgan fingerprint density at radius 2 is 1.71 bits per heavy atom. The summed E-state index contributed by atoms with van der Waals surface area (Å²) in [5.41, 5.74) is 4.52. The molecule has 1 amide bonds. The number of pyridine rings is 1. The normalized spacial score (nSPS) is 19.8. The minimum absolute atomic E-state index is 0.153. The highest BCUT2D eigenvalue weighted by atomic mass is 16.2. The Kier molecular flexibility index (Phi) is 6.47. The van der Waals surface area contributed by atoms with Crippen molar-refractivity contribution in [2.45, 2.75) is 25.7 Å². The van der Waals surface area contributed by atoms with Crippen LogP contribution >= 0.6 is 0 Å². The summed E-state index contributed by atoms with van der Waals surface area (Å²) >= 11 is 0. The highest BCUT2D eigenvalue weighted by Crippen LogP contribution is 2.36. The summed E-state index contributed by atoms with van der Waals surface area (Å²) in [6.45, 7) is 5.01. The van der Waals surface area contributed by atoms with Gasteiger partial charge >= 0.3 is 0 Å². The summed E-state index contributed by atoms with van der Waals surface area (Å²) in [5.74, 6) is 0.599. The number of nitrogens with zero attached hydrogens (tertiary/aromatic N) is 2. The minimum Gasteiger partial charge on any atom is -0.359 e. The van der Waals surface area contributed by atoms with Crippen molar-refractivity contribution in [3.05, 3.63) is 90.3 Å². The molecule has 1 fully saturated rings. The van der Waals surface area contributed by atoms with Crippen LogP contribution in [0.5, 0.6) is 0 Å². The van der Waals surface area contributed by atoms with Gasteiger partial charge < -0.3 is 10.2 Å². The number of aromatic nitrogens is 1. The van der Waals surface area contributed by atoms with E-state index in [1.807, 2.05) is 24.5 Å². The molecular formula is C27H31N3O. The van der Waals surface area contributed by atoms with Crippen LogP contribution in [0.25, 0.3) is 11.1 Å². The molecule has 1 saturated heterocycles. The minimum atomic E-state index is -0.372. The number of rotatable bonds is 7. The fourth-order valence-electron chi connectivity index (χ4n) is 4.81. The molecule has 4 nitrogen and oxygen atoms in total. The largest absolute Gasteiger partial charge is 0.359 e. The van der Waals surface area contributed by atoms with Gasteiger partial charge in [0.05, 0.1) is 5.41 Å². The molecule has 1 aliphatic rings. The summed E-state index contributed by atoms with van der Waals surface area (Å²) in [4.78, 5) is 19.5. The molecule has 0 unspecified atom stereocenters. The third-order valence-electron chi connectivity index (χ3n) is 6.55. The van der Waals surface area contributed by atoms with Crippen LogP contribution in [0.1, 0.15) is 30.4 Å². The second-order valence-corrected chi connectivity index (χ2v) is 8.77. The molecule has 31 heavy (non-hydrogen) atoms. The summed E-state index contributed by atoms with van der Waals surface area (Å²) in [6, 6.07) is 23.3. The third-order valence-corrected chi connectivity index (χ3v) is 6.55. The van der Waals surface area contributed by atoms with Gasteiger partial charge in [-0.25, -0.2) is 0 Å². The van der Waals surface area contributed by atoms with Gasteiger partial charge in [-0.15, -0.1) is 0 Å². The van der Waals surface area contributed by atoms with Crippen molar-refractivity contribution in [1.82, 2.24) is 15.2 Å². The molecule has 4 heteroatoms. The van der Waals surface area contributed by atoms with Crippen LogP contribution in [-0.2, 0) is 11.2 Å². The molecule has 160 valence electrons. The predicted molar refractivity (Wildman–Crippen MR) is 126 cm³/mol. The van der Waals surface area contributed by atoms with Crippen LogP contribution in [0.2, 0.25) is 0 Å². The van der Waals surface area contributed by atoms with E-state index < -0.39 is 0 Å². The van der Waals surface area contributed by atoms with Crippen LogP contribution in [0, 0.1) is 5.41 Å². The van der Waals surface area contributed by atoms with Crippen molar-refractivity contribution in [2.24, 2.45) is 5.41 Å². The van der Waals surface area contributed by atoms with E-state index in [2.05, 4.69) is 76.7 Å². The van der Waals surface area contributed by atoms with Gasteiger partial charge in [0.15, 0.2) is 0 Å². The second kappa shape index (κ2) is 9.44. The third kappa shape index (κ3) is 4.86. The molecule has 0 saturated carbocycles. The van der Waals surface area contributed by atoms with Crippen LogP contribution in [0.15, 0.2) is 79.1 Å². The maximum absolute atomic E-state index is 13.0. The van der Waals surface area contributed by atoms with E-state index in [0.717, 1.165) is 38.0 Å². The van der Waals surface area contributed by atoms with E-state index in [9.17, 15) is 4.79 Å². The number of amides is 1. The number of hydrogen-bond donors (Lipinski definition) is 1. The van der Waals surface area contributed by atoms with Crippen LogP contribution in [0.3, 0.4) is 0 Å². The Balaban J connectivity index is 1.47. The lowest BCUT2D eigenvalue weighted by atomic mass is 9.79. The first-order valence-corrected chi connectivity index (χ1v) is 11.1. The Hall–Kier alpha value is -2.98. The van der Waals surface area contributed by atoms with Crippen LogP contribution in [0.4, 0.5) is 0 Å². The predicted octanol–water partition coefficient (Wildman–Crippen LogP) is 4.53.